The van der Waals surface area contributed by atoms with Crippen molar-refractivity contribution in [2.24, 2.45) is 5.92 Å². The molecule has 12 heavy (non-hydrogen) atoms. The van der Waals surface area contributed by atoms with E-state index in [0.29, 0.717) is 24.4 Å². The fourth-order valence-electron chi connectivity index (χ4n) is 0.871. The molecule has 2 atom stereocenters. The maximum Gasteiger partial charge on any atom is 0.0627 e. The van der Waals surface area contributed by atoms with Crippen LogP contribution in [0, 0.1) is 5.92 Å². The molecule has 0 spiro atoms. The molecule has 2 nitrogen and oxygen atoms in total. The summed E-state index contributed by atoms with van der Waals surface area (Å²) < 4.78 is 5.01. The quantitative estimate of drug-likeness (QED) is 0.624. The van der Waals surface area contributed by atoms with E-state index in [1.165, 1.54) is 6.42 Å². The van der Waals surface area contributed by atoms with E-state index in [0.717, 1.165) is 6.54 Å². The Morgan fingerprint density at radius 3 is 2.58 bits per heavy atom. The molecule has 0 saturated carbocycles. The van der Waals surface area contributed by atoms with Gasteiger partial charge >= 0.3 is 0 Å². The number of methoxy groups -OCH3 is 1. The van der Waals surface area contributed by atoms with Gasteiger partial charge in [-0.1, -0.05) is 20.3 Å². The molecule has 0 aromatic rings. The van der Waals surface area contributed by atoms with Crippen molar-refractivity contribution in [3.05, 3.63) is 0 Å². The molecule has 0 bridgehead atoms. The molecule has 0 aromatic carbocycles. The highest BCUT2D eigenvalue weighted by atomic mass is 35.5. The minimum Gasteiger partial charge on any atom is -0.383 e. The number of rotatable bonds is 7. The van der Waals surface area contributed by atoms with Gasteiger partial charge in [0.15, 0.2) is 0 Å². The Morgan fingerprint density at radius 2 is 2.17 bits per heavy atom. The fraction of sp³-hybridized carbons (Fsp3) is 1.00. The van der Waals surface area contributed by atoms with Crippen molar-refractivity contribution < 1.29 is 4.74 Å². The summed E-state index contributed by atoms with van der Waals surface area (Å²) in [5, 5.41) is 3.36. The lowest BCUT2D eigenvalue weighted by molar-refractivity contribution is 0.171. The van der Waals surface area contributed by atoms with Crippen LogP contribution in [0.2, 0.25) is 0 Å². The maximum atomic E-state index is 5.73. The standard InChI is InChI=1S/C9H20ClNO/c1-4-8(2)6-11-9(5-10)7-12-3/h8-9,11H,4-7H2,1-3H3. The van der Waals surface area contributed by atoms with Gasteiger partial charge in [0, 0.05) is 19.0 Å². The third-order valence-corrected chi connectivity index (χ3v) is 2.38. The minimum absolute atomic E-state index is 0.297. The smallest absolute Gasteiger partial charge is 0.0627 e. The van der Waals surface area contributed by atoms with Crippen molar-refractivity contribution in [1.82, 2.24) is 5.32 Å². The minimum atomic E-state index is 0.297. The highest BCUT2D eigenvalue weighted by molar-refractivity contribution is 6.18. The van der Waals surface area contributed by atoms with Crippen LogP contribution in [-0.2, 0) is 4.74 Å². The molecular formula is C9H20ClNO. The lowest BCUT2D eigenvalue weighted by Gasteiger charge is -2.17. The largest absolute Gasteiger partial charge is 0.383 e. The average molecular weight is 194 g/mol. The van der Waals surface area contributed by atoms with E-state index in [2.05, 4.69) is 19.2 Å². The van der Waals surface area contributed by atoms with E-state index in [9.17, 15) is 0 Å². The summed E-state index contributed by atoms with van der Waals surface area (Å²) in [5.74, 6) is 1.33. The molecule has 0 rings (SSSR count). The summed E-state index contributed by atoms with van der Waals surface area (Å²) in [4.78, 5) is 0. The van der Waals surface area contributed by atoms with E-state index in [-0.39, 0.29) is 0 Å². The van der Waals surface area contributed by atoms with Gasteiger partial charge in [-0.2, -0.15) is 0 Å². The summed E-state index contributed by atoms with van der Waals surface area (Å²) in [6, 6.07) is 0.297. The van der Waals surface area contributed by atoms with Gasteiger partial charge in [-0.25, -0.2) is 0 Å². The topological polar surface area (TPSA) is 21.3 Å². The van der Waals surface area contributed by atoms with Crippen LogP contribution in [0.15, 0.2) is 0 Å². The van der Waals surface area contributed by atoms with E-state index in [1.807, 2.05) is 0 Å². The maximum absolute atomic E-state index is 5.73. The first kappa shape index (κ1) is 12.2. The SMILES string of the molecule is CCC(C)CNC(CCl)COC. The number of ether oxygens (including phenoxy) is 1. The molecule has 0 radical (unpaired) electrons. The molecule has 3 heteroatoms. The summed E-state index contributed by atoms with van der Waals surface area (Å²) in [6.07, 6.45) is 1.20. The first-order chi connectivity index (χ1) is 5.74. The Labute approximate surface area is 80.6 Å². The van der Waals surface area contributed by atoms with Gasteiger partial charge in [0.1, 0.15) is 0 Å². The van der Waals surface area contributed by atoms with Crippen LogP contribution in [0.1, 0.15) is 20.3 Å². The van der Waals surface area contributed by atoms with Crippen LogP contribution in [0.25, 0.3) is 0 Å². The lowest BCUT2D eigenvalue weighted by atomic mass is 10.1. The number of hydrogen-bond donors (Lipinski definition) is 1. The summed E-state index contributed by atoms with van der Waals surface area (Å²) >= 11 is 5.73. The van der Waals surface area contributed by atoms with Crippen molar-refractivity contribution in [1.29, 1.82) is 0 Å². The van der Waals surface area contributed by atoms with Gasteiger partial charge < -0.3 is 10.1 Å². The van der Waals surface area contributed by atoms with Crippen molar-refractivity contribution in [3.63, 3.8) is 0 Å². The molecule has 0 aliphatic rings. The number of halogens is 1. The zero-order valence-electron chi connectivity index (χ0n) is 8.27. The third-order valence-electron chi connectivity index (χ3n) is 2.01. The van der Waals surface area contributed by atoms with Crippen LogP contribution in [-0.4, -0.2) is 32.2 Å². The van der Waals surface area contributed by atoms with E-state index >= 15 is 0 Å². The molecule has 0 saturated heterocycles. The molecule has 0 aromatic heterocycles. The second-order valence-corrected chi connectivity index (χ2v) is 3.54. The Bertz CT molecular complexity index is 101. The molecule has 2 unspecified atom stereocenters. The van der Waals surface area contributed by atoms with Crippen LogP contribution < -0.4 is 5.32 Å². The van der Waals surface area contributed by atoms with Crippen LogP contribution in [0.5, 0.6) is 0 Å². The molecule has 0 amide bonds. The van der Waals surface area contributed by atoms with Crippen LogP contribution in [0.4, 0.5) is 0 Å². The predicted octanol–water partition coefficient (Wildman–Crippen LogP) is 1.88. The second-order valence-electron chi connectivity index (χ2n) is 3.23. The molecule has 74 valence electrons. The van der Waals surface area contributed by atoms with Crippen LogP contribution in [0.3, 0.4) is 0 Å². The molecular weight excluding hydrogens is 174 g/mol. The normalized spacial score (nSPS) is 16.0. The monoisotopic (exact) mass is 193 g/mol. The summed E-state index contributed by atoms with van der Waals surface area (Å²) in [5.41, 5.74) is 0. The zero-order chi connectivity index (χ0) is 9.40. The van der Waals surface area contributed by atoms with Crippen molar-refractivity contribution in [2.45, 2.75) is 26.3 Å². The highest BCUT2D eigenvalue weighted by Crippen LogP contribution is 1.99. The molecule has 1 N–H and O–H groups in total. The lowest BCUT2D eigenvalue weighted by Crippen LogP contribution is -2.37. The fourth-order valence-corrected chi connectivity index (χ4v) is 1.07. The third kappa shape index (κ3) is 5.81. The van der Waals surface area contributed by atoms with Gasteiger partial charge in [0.2, 0.25) is 0 Å². The van der Waals surface area contributed by atoms with E-state index in [1.54, 1.807) is 7.11 Å². The second kappa shape index (κ2) is 7.84. The Hall–Kier alpha value is 0.210. The van der Waals surface area contributed by atoms with E-state index < -0.39 is 0 Å². The average Bonchev–Trinajstić information content (AvgIpc) is 2.11. The van der Waals surface area contributed by atoms with Crippen molar-refractivity contribution in [2.75, 3.05) is 26.1 Å². The van der Waals surface area contributed by atoms with Gasteiger partial charge in [-0.15, -0.1) is 11.6 Å². The van der Waals surface area contributed by atoms with Gasteiger partial charge in [-0.3, -0.25) is 0 Å². The summed E-state index contributed by atoms with van der Waals surface area (Å²) in [6.45, 7) is 6.14. The van der Waals surface area contributed by atoms with Gasteiger partial charge in [0.05, 0.1) is 6.61 Å². The number of nitrogens with one attached hydrogen (secondary N) is 1. The Kier molecular flexibility index (Phi) is 7.98. The van der Waals surface area contributed by atoms with Crippen molar-refractivity contribution >= 4 is 11.6 Å². The zero-order valence-corrected chi connectivity index (χ0v) is 9.03. The number of alkyl halides is 1. The van der Waals surface area contributed by atoms with E-state index in [4.69, 9.17) is 16.3 Å². The predicted molar refractivity (Wildman–Crippen MR) is 53.8 cm³/mol. The van der Waals surface area contributed by atoms with Gasteiger partial charge in [0.25, 0.3) is 0 Å². The van der Waals surface area contributed by atoms with Gasteiger partial charge in [-0.05, 0) is 12.5 Å². The Morgan fingerprint density at radius 1 is 1.50 bits per heavy atom. The highest BCUT2D eigenvalue weighted by Gasteiger charge is 2.06. The Balaban J connectivity index is 3.43. The molecule has 0 heterocycles. The molecule has 0 aliphatic heterocycles. The number of hydrogen-bond acceptors (Lipinski definition) is 2. The molecule has 0 fully saturated rings. The van der Waals surface area contributed by atoms with Crippen LogP contribution >= 0.6 is 11.6 Å². The summed E-state index contributed by atoms with van der Waals surface area (Å²) in [7, 11) is 1.70. The van der Waals surface area contributed by atoms with Crippen molar-refractivity contribution in [3.8, 4) is 0 Å². The first-order valence-corrected chi connectivity index (χ1v) is 5.06. The first-order valence-electron chi connectivity index (χ1n) is 4.52. The molecule has 0 aliphatic carbocycles.